The maximum Gasteiger partial charge on any atom is 0.267 e. The van der Waals surface area contributed by atoms with Crippen molar-refractivity contribution in [1.82, 2.24) is 10.3 Å². The molecule has 1 amide bonds. The molecule has 1 heterocycles. The third kappa shape index (κ3) is 4.15. The Morgan fingerprint density at radius 2 is 2.05 bits per heavy atom. The summed E-state index contributed by atoms with van der Waals surface area (Å²) in [5, 5.41) is 7.35. The highest BCUT2D eigenvalue weighted by Gasteiger charge is 2.16. The number of nitrogens with zero attached hydrogens (tertiary/aromatic N) is 1. The van der Waals surface area contributed by atoms with Crippen molar-refractivity contribution < 1.29 is 4.79 Å². The molecule has 0 atom stereocenters. The largest absolute Gasteiger partial charge is 0.321 e. The van der Waals surface area contributed by atoms with Crippen molar-refractivity contribution in [2.24, 2.45) is 0 Å². The first-order valence-electron chi connectivity index (χ1n) is 7.72. The summed E-state index contributed by atoms with van der Waals surface area (Å²) in [6.45, 7) is 7.73. The Labute approximate surface area is 136 Å². The minimum absolute atomic E-state index is 0.0682. The van der Waals surface area contributed by atoms with E-state index in [-0.39, 0.29) is 5.91 Å². The zero-order valence-corrected chi connectivity index (χ0v) is 14.2. The molecule has 0 aliphatic carbocycles. The highest BCUT2D eigenvalue weighted by atomic mass is 32.1. The minimum atomic E-state index is -0.0682. The summed E-state index contributed by atoms with van der Waals surface area (Å²) in [5.41, 5.74) is 2.77. The second kappa shape index (κ2) is 8.06. The summed E-state index contributed by atoms with van der Waals surface area (Å²) in [4.78, 5) is 17.7. The van der Waals surface area contributed by atoms with Crippen LogP contribution in [0.15, 0.2) is 24.3 Å². The van der Waals surface area contributed by atoms with Crippen molar-refractivity contribution in [1.29, 1.82) is 0 Å². The lowest BCUT2D eigenvalue weighted by Gasteiger charge is -2.10. The van der Waals surface area contributed by atoms with Gasteiger partial charge >= 0.3 is 0 Å². The summed E-state index contributed by atoms with van der Waals surface area (Å²) >= 11 is 1.50. The van der Waals surface area contributed by atoms with Crippen LogP contribution in [0.1, 0.15) is 46.2 Å². The van der Waals surface area contributed by atoms with Crippen LogP contribution in [0.25, 0.3) is 0 Å². The van der Waals surface area contributed by atoms with Crippen LogP contribution in [-0.2, 0) is 13.0 Å². The number of carbonyl (C=O) groups is 1. The van der Waals surface area contributed by atoms with E-state index in [0.29, 0.717) is 4.88 Å². The molecule has 2 rings (SSSR count). The number of nitrogens with one attached hydrogen (secondary N) is 2. The fourth-order valence-corrected chi connectivity index (χ4v) is 3.28. The second-order valence-electron chi connectivity index (χ2n) is 5.16. The van der Waals surface area contributed by atoms with Crippen LogP contribution in [0.4, 0.5) is 5.69 Å². The average Bonchev–Trinajstić information content (AvgIpc) is 2.87. The van der Waals surface area contributed by atoms with Gasteiger partial charge in [-0.25, -0.2) is 4.98 Å². The van der Waals surface area contributed by atoms with E-state index >= 15 is 0 Å². The Hall–Kier alpha value is -1.72. The van der Waals surface area contributed by atoms with Gasteiger partial charge in [0.05, 0.1) is 10.7 Å². The summed E-state index contributed by atoms with van der Waals surface area (Å²) in [5.74, 6) is -0.0682. The number of aryl methyl sites for hydroxylation is 2. The number of amides is 1. The summed E-state index contributed by atoms with van der Waals surface area (Å²) in [6.07, 6.45) is 1.97. The molecule has 1 aromatic carbocycles. The van der Waals surface area contributed by atoms with Gasteiger partial charge in [0.25, 0.3) is 5.91 Å². The van der Waals surface area contributed by atoms with E-state index in [2.05, 4.69) is 29.5 Å². The van der Waals surface area contributed by atoms with E-state index in [1.807, 2.05) is 31.2 Å². The van der Waals surface area contributed by atoms with Gasteiger partial charge in [0.15, 0.2) is 0 Å². The number of hydrogen-bond donors (Lipinski definition) is 2. The zero-order valence-electron chi connectivity index (χ0n) is 13.4. The fourth-order valence-electron chi connectivity index (χ4n) is 2.22. The third-order valence-corrected chi connectivity index (χ3v) is 4.56. The van der Waals surface area contributed by atoms with Gasteiger partial charge in [0.1, 0.15) is 4.88 Å². The predicted molar refractivity (Wildman–Crippen MR) is 92.6 cm³/mol. The van der Waals surface area contributed by atoms with Gasteiger partial charge in [-0.05, 0) is 37.9 Å². The minimum Gasteiger partial charge on any atom is -0.321 e. The molecule has 1 aromatic heterocycles. The summed E-state index contributed by atoms with van der Waals surface area (Å²) in [7, 11) is 0. The van der Waals surface area contributed by atoms with Crippen molar-refractivity contribution in [3.63, 3.8) is 0 Å². The maximum absolute atomic E-state index is 12.5. The number of rotatable bonds is 7. The molecule has 0 fully saturated rings. The van der Waals surface area contributed by atoms with Crippen molar-refractivity contribution >= 4 is 22.9 Å². The van der Waals surface area contributed by atoms with Crippen LogP contribution in [-0.4, -0.2) is 17.4 Å². The molecule has 0 aliphatic heterocycles. The van der Waals surface area contributed by atoms with Gasteiger partial charge in [0, 0.05) is 12.2 Å². The molecule has 0 spiro atoms. The van der Waals surface area contributed by atoms with Crippen LogP contribution in [0.2, 0.25) is 0 Å². The van der Waals surface area contributed by atoms with Gasteiger partial charge in [-0.3, -0.25) is 4.79 Å². The number of carbonyl (C=O) groups excluding carboxylic acids is 1. The predicted octanol–water partition coefficient (Wildman–Crippen LogP) is 3.77. The second-order valence-corrected chi connectivity index (χ2v) is 6.25. The molecule has 22 heavy (non-hydrogen) atoms. The van der Waals surface area contributed by atoms with E-state index in [1.54, 1.807) is 0 Å². The lowest BCUT2D eigenvalue weighted by molar-refractivity contribution is 0.102. The standard InChI is InChI=1S/C17H23N3OS/c1-4-8-15-19-12(3)16(22-15)17(21)20-14-10-7-6-9-13(14)11-18-5-2/h6-7,9-10,18H,4-5,8,11H2,1-3H3,(H,20,21). The molecule has 0 saturated heterocycles. The van der Waals surface area contributed by atoms with Crippen molar-refractivity contribution in [2.45, 2.75) is 40.2 Å². The molecule has 0 radical (unpaired) electrons. The molecule has 0 saturated carbocycles. The van der Waals surface area contributed by atoms with E-state index < -0.39 is 0 Å². The lowest BCUT2D eigenvalue weighted by atomic mass is 10.1. The van der Waals surface area contributed by atoms with Crippen LogP contribution in [0.3, 0.4) is 0 Å². The number of aromatic nitrogens is 1. The topological polar surface area (TPSA) is 54.0 Å². The molecule has 0 aliphatic rings. The van der Waals surface area contributed by atoms with E-state index in [0.717, 1.165) is 47.9 Å². The molecule has 0 bridgehead atoms. The Morgan fingerprint density at radius 3 is 2.77 bits per heavy atom. The normalized spacial score (nSPS) is 10.7. The highest BCUT2D eigenvalue weighted by Crippen LogP contribution is 2.22. The fraction of sp³-hybridized carbons (Fsp3) is 0.412. The molecule has 2 aromatic rings. The SMILES string of the molecule is CCCc1nc(C)c(C(=O)Nc2ccccc2CNCC)s1. The molecule has 2 N–H and O–H groups in total. The van der Waals surface area contributed by atoms with E-state index in [9.17, 15) is 4.79 Å². The number of thiazole rings is 1. The molecule has 4 nitrogen and oxygen atoms in total. The molecular formula is C17H23N3OS. The number of anilines is 1. The third-order valence-electron chi connectivity index (χ3n) is 3.34. The highest BCUT2D eigenvalue weighted by molar-refractivity contribution is 7.13. The smallest absolute Gasteiger partial charge is 0.267 e. The Bertz CT molecular complexity index is 637. The monoisotopic (exact) mass is 317 g/mol. The summed E-state index contributed by atoms with van der Waals surface area (Å²) < 4.78 is 0. The van der Waals surface area contributed by atoms with Crippen LogP contribution < -0.4 is 10.6 Å². The first-order valence-corrected chi connectivity index (χ1v) is 8.53. The Balaban J connectivity index is 2.15. The number of benzene rings is 1. The maximum atomic E-state index is 12.5. The first kappa shape index (κ1) is 16.6. The molecule has 118 valence electrons. The zero-order chi connectivity index (χ0) is 15.9. The molecule has 0 unspecified atom stereocenters. The summed E-state index contributed by atoms with van der Waals surface area (Å²) in [6, 6.07) is 7.89. The van der Waals surface area contributed by atoms with Gasteiger partial charge in [-0.15, -0.1) is 11.3 Å². The molecular weight excluding hydrogens is 294 g/mol. The lowest BCUT2D eigenvalue weighted by Crippen LogP contribution is -2.17. The van der Waals surface area contributed by atoms with Crippen LogP contribution in [0, 0.1) is 6.92 Å². The van der Waals surface area contributed by atoms with Gasteiger partial charge in [-0.1, -0.05) is 32.0 Å². The van der Waals surface area contributed by atoms with Crippen LogP contribution >= 0.6 is 11.3 Å². The van der Waals surface area contributed by atoms with Gasteiger partial charge in [-0.2, -0.15) is 0 Å². The quantitative estimate of drug-likeness (QED) is 0.817. The van der Waals surface area contributed by atoms with E-state index in [1.165, 1.54) is 11.3 Å². The first-order chi connectivity index (χ1) is 10.7. The van der Waals surface area contributed by atoms with Gasteiger partial charge < -0.3 is 10.6 Å². The van der Waals surface area contributed by atoms with Crippen molar-refractivity contribution in [3.05, 3.63) is 45.4 Å². The van der Waals surface area contributed by atoms with E-state index in [4.69, 9.17) is 0 Å². The number of para-hydroxylation sites is 1. The van der Waals surface area contributed by atoms with Crippen LogP contribution in [0.5, 0.6) is 0 Å². The average molecular weight is 317 g/mol. The van der Waals surface area contributed by atoms with Crippen molar-refractivity contribution in [3.8, 4) is 0 Å². The Kier molecular flexibility index (Phi) is 6.10. The number of hydrogen-bond acceptors (Lipinski definition) is 4. The van der Waals surface area contributed by atoms with Crippen molar-refractivity contribution in [2.75, 3.05) is 11.9 Å². The van der Waals surface area contributed by atoms with Gasteiger partial charge in [0.2, 0.25) is 0 Å². The Morgan fingerprint density at radius 1 is 1.27 bits per heavy atom. The molecule has 5 heteroatoms.